The Morgan fingerprint density at radius 2 is 2.23 bits per heavy atom. The molecule has 22 heavy (non-hydrogen) atoms. The van der Waals surface area contributed by atoms with Crippen LogP contribution in [0.4, 0.5) is 11.5 Å². The predicted molar refractivity (Wildman–Crippen MR) is 82.6 cm³/mol. The van der Waals surface area contributed by atoms with Crippen molar-refractivity contribution in [3.05, 3.63) is 24.8 Å². The summed E-state index contributed by atoms with van der Waals surface area (Å²) >= 11 is 0. The van der Waals surface area contributed by atoms with Gasteiger partial charge in [0.15, 0.2) is 11.6 Å². The maximum absolute atomic E-state index is 11.3. The highest BCUT2D eigenvalue weighted by Gasteiger charge is 2.20. The van der Waals surface area contributed by atoms with Gasteiger partial charge in [-0.1, -0.05) is 13.8 Å². The molecule has 0 amide bonds. The van der Waals surface area contributed by atoms with Crippen LogP contribution in [-0.4, -0.2) is 37.4 Å². The summed E-state index contributed by atoms with van der Waals surface area (Å²) in [5.41, 5.74) is 6.38. The minimum absolute atomic E-state index is 0.257. The number of nitrogens with one attached hydrogen (secondary N) is 1. The van der Waals surface area contributed by atoms with Crippen molar-refractivity contribution >= 4 is 17.5 Å². The van der Waals surface area contributed by atoms with Crippen molar-refractivity contribution in [1.29, 1.82) is 0 Å². The van der Waals surface area contributed by atoms with Crippen molar-refractivity contribution in [2.45, 2.75) is 20.3 Å². The van der Waals surface area contributed by atoms with Crippen LogP contribution < -0.4 is 11.1 Å². The first kappa shape index (κ1) is 15.7. The van der Waals surface area contributed by atoms with Crippen LogP contribution in [0.25, 0.3) is 5.82 Å². The van der Waals surface area contributed by atoms with E-state index in [1.54, 1.807) is 18.5 Å². The third kappa shape index (κ3) is 3.72. The molecule has 2 aromatic rings. The highest BCUT2D eigenvalue weighted by molar-refractivity contribution is 5.72. The molecule has 0 spiro atoms. The first-order valence-electron chi connectivity index (χ1n) is 7.06. The lowest BCUT2D eigenvalue weighted by Crippen LogP contribution is -2.25. The van der Waals surface area contributed by atoms with Gasteiger partial charge in [-0.2, -0.15) is 5.10 Å². The van der Waals surface area contributed by atoms with Crippen molar-refractivity contribution in [3.63, 3.8) is 0 Å². The number of rotatable bonds is 7. The molecule has 0 aliphatic carbocycles. The van der Waals surface area contributed by atoms with Gasteiger partial charge >= 0.3 is 5.97 Å². The Morgan fingerprint density at radius 1 is 1.45 bits per heavy atom. The molecule has 0 aliphatic heterocycles. The molecule has 118 valence electrons. The minimum Gasteiger partial charge on any atom is -0.481 e. The SMILES string of the molecule is CC(C)CC(CNc1ncnc(-n2cccn2)c1N)C(=O)O. The van der Waals surface area contributed by atoms with Gasteiger partial charge < -0.3 is 16.2 Å². The maximum atomic E-state index is 11.3. The number of aromatic nitrogens is 4. The number of nitrogens with zero attached hydrogens (tertiary/aromatic N) is 4. The van der Waals surface area contributed by atoms with Crippen LogP contribution in [0.2, 0.25) is 0 Å². The van der Waals surface area contributed by atoms with Crippen LogP contribution >= 0.6 is 0 Å². The largest absolute Gasteiger partial charge is 0.481 e. The number of hydrogen-bond donors (Lipinski definition) is 3. The second-order valence-electron chi connectivity index (χ2n) is 5.46. The maximum Gasteiger partial charge on any atom is 0.308 e. The normalized spacial score (nSPS) is 12.3. The lowest BCUT2D eigenvalue weighted by molar-refractivity contribution is -0.141. The lowest BCUT2D eigenvalue weighted by atomic mass is 9.97. The number of hydrogen-bond acceptors (Lipinski definition) is 6. The van der Waals surface area contributed by atoms with Crippen LogP contribution in [0.1, 0.15) is 20.3 Å². The van der Waals surface area contributed by atoms with E-state index in [2.05, 4.69) is 20.4 Å². The standard InChI is InChI=1S/C14H20N6O2/c1-9(2)6-10(14(21)22)7-16-12-11(15)13(18-8-17-12)20-5-3-4-19-20/h3-5,8-10H,6-7,15H2,1-2H3,(H,21,22)(H,16,17,18). The van der Waals surface area contributed by atoms with E-state index < -0.39 is 11.9 Å². The molecule has 1 atom stereocenters. The van der Waals surface area contributed by atoms with E-state index in [0.29, 0.717) is 29.7 Å². The van der Waals surface area contributed by atoms with Crippen molar-refractivity contribution in [3.8, 4) is 5.82 Å². The average Bonchev–Trinajstić information content (AvgIpc) is 2.98. The molecule has 0 saturated heterocycles. The smallest absolute Gasteiger partial charge is 0.308 e. The predicted octanol–water partition coefficient (Wildman–Crippen LogP) is 1.40. The highest BCUT2D eigenvalue weighted by atomic mass is 16.4. The third-order valence-electron chi connectivity index (χ3n) is 3.21. The van der Waals surface area contributed by atoms with Gasteiger partial charge in [0.25, 0.3) is 0 Å². The van der Waals surface area contributed by atoms with Gasteiger partial charge in [-0.15, -0.1) is 0 Å². The summed E-state index contributed by atoms with van der Waals surface area (Å²) < 4.78 is 1.53. The van der Waals surface area contributed by atoms with Crippen molar-refractivity contribution in [2.75, 3.05) is 17.6 Å². The first-order valence-corrected chi connectivity index (χ1v) is 7.06. The molecule has 4 N–H and O–H groups in total. The van der Waals surface area contributed by atoms with E-state index in [9.17, 15) is 9.90 Å². The molecule has 0 bridgehead atoms. The number of aliphatic carboxylic acids is 1. The summed E-state index contributed by atoms with van der Waals surface area (Å²) in [7, 11) is 0. The van der Waals surface area contributed by atoms with E-state index in [1.165, 1.54) is 11.0 Å². The van der Waals surface area contributed by atoms with E-state index in [0.717, 1.165) is 0 Å². The number of carboxylic acids is 1. The monoisotopic (exact) mass is 304 g/mol. The van der Waals surface area contributed by atoms with Crippen molar-refractivity contribution in [1.82, 2.24) is 19.7 Å². The summed E-state index contributed by atoms with van der Waals surface area (Å²) in [6, 6.07) is 1.76. The Morgan fingerprint density at radius 3 is 2.82 bits per heavy atom. The van der Waals surface area contributed by atoms with Crippen LogP contribution in [-0.2, 0) is 4.79 Å². The molecule has 8 heteroatoms. The summed E-state index contributed by atoms with van der Waals surface area (Å²) in [4.78, 5) is 19.5. The van der Waals surface area contributed by atoms with E-state index in [4.69, 9.17) is 5.73 Å². The van der Waals surface area contributed by atoms with E-state index in [-0.39, 0.29) is 6.54 Å². The van der Waals surface area contributed by atoms with E-state index in [1.807, 2.05) is 13.8 Å². The van der Waals surface area contributed by atoms with Gasteiger partial charge in [0.2, 0.25) is 0 Å². The van der Waals surface area contributed by atoms with Crippen molar-refractivity contribution < 1.29 is 9.90 Å². The molecule has 2 aromatic heterocycles. The number of carbonyl (C=O) groups is 1. The zero-order valence-electron chi connectivity index (χ0n) is 12.6. The van der Waals surface area contributed by atoms with Crippen LogP contribution in [0.15, 0.2) is 24.8 Å². The van der Waals surface area contributed by atoms with Gasteiger partial charge in [0.05, 0.1) is 5.92 Å². The van der Waals surface area contributed by atoms with Gasteiger partial charge in [0, 0.05) is 18.9 Å². The summed E-state index contributed by atoms with van der Waals surface area (Å²) in [6.45, 7) is 4.24. The second-order valence-corrected chi connectivity index (χ2v) is 5.46. The summed E-state index contributed by atoms with van der Waals surface area (Å²) in [6.07, 6.45) is 5.30. The Hall–Kier alpha value is -2.64. The highest BCUT2D eigenvalue weighted by Crippen LogP contribution is 2.22. The van der Waals surface area contributed by atoms with Crippen molar-refractivity contribution in [2.24, 2.45) is 11.8 Å². The van der Waals surface area contributed by atoms with Gasteiger partial charge in [-0.25, -0.2) is 14.6 Å². The van der Waals surface area contributed by atoms with Crippen LogP contribution in [0.5, 0.6) is 0 Å². The fourth-order valence-electron chi connectivity index (χ4n) is 2.16. The lowest BCUT2D eigenvalue weighted by Gasteiger charge is -2.17. The fraction of sp³-hybridized carbons (Fsp3) is 0.429. The molecule has 0 aromatic carbocycles. The van der Waals surface area contributed by atoms with Gasteiger partial charge in [0.1, 0.15) is 12.0 Å². The minimum atomic E-state index is -0.832. The topological polar surface area (TPSA) is 119 Å². The number of nitrogens with two attached hydrogens (primary N) is 1. The summed E-state index contributed by atoms with van der Waals surface area (Å²) in [5.74, 6) is -0.164. The average molecular weight is 304 g/mol. The Labute approximate surface area is 128 Å². The fourth-order valence-corrected chi connectivity index (χ4v) is 2.16. The van der Waals surface area contributed by atoms with E-state index >= 15 is 0 Å². The van der Waals surface area contributed by atoms with Crippen LogP contribution in [0, 0.1) is 11.8 Å². The molecular formula is C14H20N6O2. The molecular weight excluding hydrogens is 284 g/mol. The Bertz CT molecular complexity index is 626. The molecule has 0 aliphatic rings. The molecule has 0 saturated carbocycles. The quantitative estimate of drug-likeness (QED) is 0.707. The first-order chi connectivity index (χ1) is 10.5. The summed E-state index contributed by atoms with van der Waals surface area (Å²) in [5, 5.41) is 16.3. The molecule has 0 radical (unpaired) electrons. The van der Waals surface area contributed by atoms with Gasteiger partial charge in [-0.05, 0) is 18.4 Å². The number of anilines is 2. The zero-order valence-corrected chi connectivity index (χ0v) is 12.6. The Balaban J connectivity index is 2.13. The second kappa shape index (κ2) is 6.88. The molecule has 8 nitrogen and oxygen atoms in total. The van der Waals surface area contributed by atoms with Crippen LogP contribution in [0.3, 0.4) is 0 Å². The third-order valence-corrected chi connectivity index (χ3v) is 3.21. The molecule has 1 unspecified atom stereocenters. The zero-order chi connectivity index (χ0) is 16.1. The number of nitrogen functional groups attached to an aromatic ring is 1. The molecule has 2 rings (SSSR count). The molecule has 2 heterocycles. The number of carboxylic acid groups (broad SMARTS) is 1. The van der Waals surface area contributed by atoms with Gasteiger partial charge in [-0.3, -0.25) is 4.79 Å². The Kier molecular flexibility index (Phi) is 4.92. The molecule has 0 fully saturated rings.